The predicted molar refractivity (Wildman–Crippen MR) is 129 cm³/mol. The Balaban J connectivity index is 1.67. The molecule has 2 aromatic heterocycles. The van der Waals surface area contributed by atoms with Gasteiger partial charge < -0.3 is 9.84 Å². The number of fused-ring (bicyclic) bond motifs is 2. The number of nitrogens with zero attached hydrogens (tertiary/aromatic N) is 3. The van der Waals surface area contributed by atoms with Crippen LogP contribution in [0.5, 0.6) is 11.6 Å². The lowest BCUT2D eigenvalue weighted by molar-refractivity contribution is 0.341. The van der Waals surface area contributed by atoms with Gasteiger partial charge in [0.05, 0.1) is 28.1 Å². The van der Waals surface area contributed by atoms with Gasteiger partial charge in [0.25, 0.3) is 5.56 Å². The molecule has 164 valence electrons. The molecule has 5 aromatic rings. The summed E-state index contributed by atoms with van der Waals surface area (Å²) >= 11 is 1.37. The number of ether oxygens (including phenoxy) is 1. The van der Waals surface area contributed by atoms with Crippen LogP contribution in [0.4, 0.5) is 9.52 Å². The van der Waals surface area contributed by atoms with Crippen molar-refractivity contribution >= 4 is 43.7 Å². The number of benzene rings is 3. The third-order valence-electron chi connectivity index (χ3n) is 5.16. The van der Waals surface area contributed by atoms with Gasteiger partial charge in [0, 0.05) is 17.0 Å². The average Bonchev–Trinajstić information content (AvgIpc) is 3.23. The van der Waals surface area contributed by atoms with Gasteiger partial charge in [-0.25, -0.2) is 18.9 Å². The maximum Gasteiger partial charge on any atom is 0.265 e. The Kier molecular flexibility index (Phi) is 5.35. The van der Waals surface area contributed by atoms with Crippen molar-refractivity contribution in [1.82, 2.24) is 9.55 Å². The first-order valence-electron chi connectivity index (χ1n) is 10.3. The minimum atomic E-state index is -0.621. The molecule has 0 atom stereocenters. The summed E-state index contributed by atoms with van der Waals surface area (Å²) in [6.07, 6.45) is 1.45. The normalized spacial score (nSPS) is 11.6. The van der Waals surface area contributed by atoms with E-state index in [-0.39, 0.29) is 5.69 Å². The van der Waals surface area contributed by atoms with Crippen LogP contribution in [0.15, 0.2) is 76.5 Å². The van der Waals surface area contributed by atoms with Crippen LogP contribution in [-0.4, -0.2) is 27.5 Å². The summed E-state index contributed by atoms with van der Waals surface area (Å²) in [6, 6.07) is 18.3. The Morgan fingerprint density at radius 1 is 1.12 bits per heavy atom. The number of aliphatic imine (C=N–C) groups is 1. The lowest BCUT2D eigenvalue weighted by atomic mass is 10.1. The summed E-state index contributed by atoms with van der Waals surface area (Å²) in [6.45, 7) is 2.49. The molecule has 3 aromatic carbocycles. The van der Waals surface area contributed by atoms with Gasteiger partial charge in [-0.3, -0.25) is 4.79 Å². The highest BCUT2D eigenvalue weighted by Gasteiger charge is 2.18. The first-order valence-corrected chi connectivity index (χ1v) is 11.1. The molecule has 5 rings (SSSR count). The number of thiazole rings is 1. The van der Waals surface area contributed by atoms with Crippen molar-refractivity contribution in [3.05, 3.63) is 88.5 Å². The third kappa shape index (κ3) is 3.74. The topological polar surface area (TPSA) is 76.7 Å². The van der Waals surface area contributed by atoms with Crippen LogP contribution in [0.1, 0.15) is 12.5 Å². The van der Waals surface area contributed by atoms with E-state index in [1.165, 1.54) is 35.8 Å². The Morgan fingerprint density at radius 2 is 1.88 bits per heavy atom. The Bertz CT molecular complexity index is 1590. The summed E-state index contributed by atoms with van der Waals surface area (Å²) < 4.78 is 21.9. The molecule has 33 heavy (non-hydrogen) atoms. The highest BCUT2D eigenvalue weighted by molar-refractivity contribution is 7.22. The average molecular weight is 460 g/mol. The molecule has 0 fully saturated rings. The number of aromatic nitrogens is 2. The number of rotatable bonds is 5. The second kappa shape index (κ2) is 8.48. The summed E-state index contributed by atoms with van der Waals surface area (Å²) in [4.78, 5) is 22.1. The van der Waals surface area contributed by atoms with E-state index in [9.17, 15) is 14.3 Å². The smallest absolute Gasteiger partial charge is 0.265 e. The minimum Gasteiger partial charge on any atom is -0.494 e. The maximum atomic E-state index is 14.5. The van der Waals surface area contributed by atoms with Crippen LogP contribution in [0.25, 0.3) is 26.7 Å². The Morgan fingerprint density at radius 3 is 2.67 bits per heavy atom. The van der Waals surface area contributed by atoms with Crippen molar-refractivity contribution in [2.24, 2.45) is 4.99 Å². The Hall–Kier alpha value is -4.04. The summed E-state index contributed by atoms with van der Waals surface area (Å²) in [7, 11) is 0. The molecule has 0 aliphatic carbocycles. The molecule has 6 nitrogen and oxygen atoms in total. The third-order valence-corrected chi connectivity index (χ3v) is 6.09. The monoisotopic (exact) mass is 459 g/mol. The molecule has 2 heterocycles. The van der Waals surface area contributed by atoms with Gasteiger partial charge in [-0.05, 0) is 43.3 Å². The molecule has 0 bridgehead atoms. The molecule has 0 aliphatic rings. The Labute approximate surface area is 191 Å². The largest absolute Gasteiger partial charge is 0.494 e. The lowest BCUT2D eigenvalue weighted by Gasteiger charge is -2.14. The van der Waals surface area contributed by atoms with E-state index in [0.717, 1.165) is 20.5 Å². The van der Waals surface area contributed by atoms with E-state index in [2.05, 4.69) is 9.98 Å². The van der Waals surface area contributed by atoms with Crippen molar-refractivity contribution in [3.63, 3.8) is 0 Å². The number of para-hydroxylation sites is 1. The molecule has 0 spiro atoms. The minimum absolute atomic E-state index is 0.0381. The van der Waals surface area contributed by atoms with E-state index in [4.69, 9.17) is 4.74 Å². The van der Waals surface area contributed by atoms with Gasteiger partial charge in [-0.1, -0.05) is 41.7 Å². The maximum absolute atomic E-state index is 14.5. The van der Waals surface area contributed by atoms with Gasteiger partial charge in [-0.15, -0.1) is 0 Å². The van der Waals surface area contributed by atoms with Crippen molar-refractivity contribution < 1.29 is 14.2 Å². The quantitative estimate of drug-likeness (QED) is 0.348. The molecule has 0 radical (unpaired) electrons. The highest BCUT2D eigenvalue weighted by atomic mass is 32.1. The van der Waals surface area contributed by atoms with E-state index in [1.807, 2.05) is 25.1 Å². The molecular formula is C25H18FN3O3S. The number of pyridine rings is 1. The van der Waals surface area contributed by atoms with Crippen LogP contribution < -0.4 is 10.3 Å². The molecule has 0 unspecified atom stereocenters. The number of halogens is 1. The van der Waals surface area contributed by atoms with Gasteiger partial charge >= 0.3 is 0 Å². The van der Waals surface area contributed by atoms with Gasteiger partial charge in [0.1, 0.15) is 11.6 Å². The van der Waals surface area contributed by atoms with Crippen LogP contribution in [-0.2, 0) is 0 Å². The van der Waals surface area contributed by atoms with E-state index < -0.39 is 17.3 Å². The first-order chi connectivity index (χ1) is 16.1. The first kappa shape index (κ1) is 20.8. The van der Waals surface area contributed by atoms with Crippen molar-refractivity contribution in [2.75, 3.05) is 6.61 Å². The van der Waals surface area contributed by atoms with Crippen molar-refractivity contribution in [1.29, 1.82) is 0 Å². The predicted octanol–water partition coefficient (Wildman–Crippen LogP) is 5.59. The second-order valence-electron chi connectivity index (χ2n) is 7.19. The van der Waals surface area contributed by atoms with Gasteiger partial charge in [0.2, 0.25) is 11.0 Å². The van der Waals surface area contributed by atoms with E-state index >= 15 is 0 Å². The van der Waals surface area contributed by atoms with E-state index in [1.54, 1.807) is 30.3 Å². The van der Waals surface area contributed by atoms with Crippen molar-refractivity contribution in [2.45, 2.75) is 6.92 Å². The standard InChI is InChI=1S/C25H18FN3O3S/c1-2-32-15-11-12-20-22(13-15)33-25(28-20)27-14-18-16-7-3-4-8-17(16)23(30)29(24(18)31)21-10-6-5-9-19(21)26/h3-14,31H,2H2,1H3. The lowest BCUT2D eigenvalue weighted by Crippen LogP contribution is -2.21. The number of hydrogen-bond acceptors (Lipinski definition) is 6. The van der Waals surface area contributed by atoms with Crippen molar-refractivity contribution in [3.8, 4) is 17.3 Å². The zero-order valence-electron chi connectivity index (χ0n) is 17.5. The van der Waals surface area contributed by atoms with Crippen LogP contribution >= 0.6 is 11.3 Å². The summed E-state index contributed by atoms with van der Waals surface area (Å²) in [5.74, 6) is -0.263. The second-order valence-corrected chi connectivity index (χ2v) is 8.20. The summed E-state index contributed by atoms with van der Waals surface area (Å²) in [5.41, 5.74) is 0.515. The fourth-order valence-electron chi connectivity index (χ4n) is 3.67. The molecular weight excluding hydrogens is 441 g/mol. The number of aromatic hydroxyl groups is 1. The fraction of sp³-hybridized carbons (Fsp3) is 0.0800. The zero-order valence-corrected chi connectivity index (χ0v) is 18.3. The zero-order chi connectivity index (χ0) is 22.9. The van der Waals surface area contributed by atoms with E-state index in [0.29, 0.717) is 28.1 Å². The number of hydrogen-bond donors (Lipinski definition) is 1. The molecule has 0 saturated heterocycles. The van der Waals surface area contributed by atoms with Gasteiger partial charge in [0.15, 0.2) is 0 Å². The van der Waals surface area contributed by atoms with Crippen LogP contribution in [0, 0.1) is 5.82 Å². The molecule has 8 heteroatoms. The van der Waals surface area contributed by atoms with Crippen LogP contribution in [0.3, 0.4) is 0 Å². The highest BCUT2D eigenvalue weighted by Crippen LogP contribution is 2.32. The van der Waals surface area contributed by atoms with Gasteiger partial charge in [-0.2, -0.15) is 0 Å². The molecule has 1 N–H and O–H groups in total. The van der Waals surface area contributed by atoms with Crippen LogP contribution in [0.2, 0.25) is 0 Å². The fourth-order valence-corrected chi connectivity index (χ4v) is 4.51. The molecule has 0 saturated carbocycles. The SMILES string of the molecule is CCOc1ccc2nc(N=Cc3c(O)n(-c4ccccc4F)c(=O)c4ccccc34)sc2c1. The summed E-state index contributed by atoms with van der Waals surface area (Å²) in [5, 5.41) is 12.4. The molecule has 0 amide bonds. The molecule has 0 aliphatic heterocycles.